The zero-order valence-electron chi connectivity index (χ0n) is 14.0. The van der Waals surface area contributed by atoms with Crippen LogP contribution in [0.3, 0.4) is 0 Å². The van der Waals surface area contributed by atoms with Gasteiger partial charge in [0.25, 0.3) is 0 Å². The topological polar surface area (TPSA) is 35.5 Å². The van der Waals surface area contributed by atoms with Gasteiger partial charge in [-0.2, -0.15) is 0 Å². The van der Waals surface area contributed by atoms with Crippen molar-refractivity contribution in [2.45, 2.75) is 87.8 Å². The number of hydrogen-bond acceptors (Lipinski definition) is 3. The molecule has 6 unspecified atom stereocenters. The maximum Gasteiger partial charge on any atom is 0.302 e. The largest absolute Gasteiger partial charge is 0.462 e. The second-order valence-corrected chi connectivity index (χ2v) is 10.3. The number of rotatable bonds is 1. The molecule has 3 nitrogen and oxygen atoms in total. The van der Waals surface area contributed by atoms with Gasteiger partial charge in [-0.05, 0) is 33.1 Å². The fourth-order valence-corrected chi connectivity index (χ4v) is 6.43. The summed E-state index contributed by atoms with van der Waals surface area (Å²) in [6, 6.07) is 0. The number of ether oxygens (including phenoxy) is 2. The standard InChI is InChI=1S/C17H26BrClO3/c1-10(20)21-13-9-15(4,19)11(18)8-17(13)14(2,3)12-6-7-16(17,5)22-12/h11-13H,6-9H2,1-5H3. The fourth-order valence-electron chi connectivity index (χ4n) is 5.51. The molecule has 0 N–H and O–H groups in total. The van der Waals surface area contributed by atoms with Crippen LogP contribution < -0.4 is 0 Å². The molecule has 2 aliphatic heterocycles. The number of carbonyl (C=O) groups excluding carboxylic acids is 1. The van der Waals surface area contributed by atoms with E-state index in [1.807, 2.05) is 6.92 Å². The molecular weight excluding hydrogens is 368 g/mol. The van der Waals surface area contributed by atoms with Gasteiger partial charge < -0.3 is 9.47 Å². The quantitative estimate of drug-likeness (QED) is 0.488. The molecule has 126 valence electrons. The predicted molar refractivity (Wildman–Crippen MR) is 90.5 cm³/mol. The molecule has 22 heavy (non-hydrogen) atoms. The molecular formula is C17H26BrClO3. The highest BCUT2D eigenvalue weighted by Crippen LogP contribution is 2.72. The summed E-state index contributed by atoms with van der Waals surface area (Å²) in [6.45, 7) is 10.3. The molecule has 0 radical (unpaired) electrons. The van der Waals surface area contributed by atoms with Gasteiger partial charge in [-0.15, -0.1) is 11.6 Å². The Kier molecular flexibility index (Phi) is 3.76. The van der Waals surface area contributed by atoms with Crippen molar-refractivity contribution in [3.63, 3.8) is 0 Å². The number of alkyl halides is 2. The van der Waals surface area contributed by atoms with Crippen LogP contribution in [0.1, 0.15) is 60.3 Å². The Morgan fingerprint density at radius 3 is 2.41 bits per heavy atom. The first kappa shape index (κ1) is 17.0. The van der Waals surface area contributed by atoms with E-state index in [0.29, 0.717) is 6.42 Å². The van der Waals surface area contributed by atoms with Crippen LogP contribution in [0.25, 0.3) is 0 Å². The van der Waals surface area contributed by atoms with Gasteiger partial charge in [0.2, 0.25) is 0 Å². The third-order valence-electron chi connectivity index (χ3n) is 6.78. The number of fused-ring (bicyclic) bond motifs is 3. The number of hydrogen-bond donors (Lipinski definition) is 0. The minimum atomic E-state index is -0.417. The van der Waals surface area contributed by atoms with Crippen molar-refractivity contribution < 1.29 is 14.3 Å². The van der Waals surface area contributed by atoms with Crippen LogP contribution in [0.15, 0.2) is 0 Å². The van der Waals surface area contributed by atoms with Crippen molar-refractivity contribution in [2.24, 2.45) is 10.8 Å². The van der Waals surface area contributed by atoms with E-state index in [1.165, 1.54) is 6.92 Å². The molecule has 0 amide bonds. The van der Waals surface area contributed by atoms with Gasteiger partial charge in [-0.25, -0.2) is 0 Å². The van der Waals surface area contributed by atoms with Crippen molar-refractivity contribution in [3.05, 3.63) is 0 Å². The number of esters is 1. The Labute approximate surface area is 146 Å². The maximum absolute atomic E-state index is 11.7. The van der Waals surface area contributed by atoms with E-state index in [0.717, 1.165) is 19.3 Å². The summed E-state index contributed by atoms with van der Waals surface area (Å²) in [5, 5.41) is 0. The molecule has 2 bridgehead atoms. The Balaban J connectivity index is 2.10. The third kappa shape index (κ3) is 1.99. The first-order valence-electron chi connectivity index (χ1n) is 8.14. The number of halogens is 2. The van der Waals surface area contributed by atoms with Gasteiger partial charge in [-0.1, -0.05) is 29.8 Å². The summed E-state index contributed by atoms with van der Waals surface area (Å²) in [5.74, 6) is -0.230. The van der Waals surface area contributed by atoms with Crippen LogP contribution in [-0.4, -0.2) is 33.5 Å². The van der Waals surface area contributed by atoms with Crippen molar-refractivity contribution in [2.75, 3.05) is 0 Å². The first-order chi connectivity index (χ1) is 9.96. The molecule has 3 aliphatic rings. The Morgan fingerprint density at radius 2 is 1.91 bits per heavy atom. The van der Waals surface area contributed by atoms with E-state index in [9.17, 15) is 4.79 Å². The molecule has 5 heteroatoms. The van der Waals surface area contributed by atoms with Crippen LogP contribution in [0.5, 0.6) is 0 Å². The second-order valence-electron chi connectivity index (χ2n) is 8.32. The average molecular weight is 394 g/mol. The van der Waals surface area contributed by atoms with Crippen molar-refractivity contribution >= 4 is 33.5 Å². The summed E-state index contributed by atoms with van der Waals surface area (Å²) in [4.78, 5) is 11.5. The summed E-state index contributed by atoms with van der Waals surface area (Å²) >= 11 is 10.5. The highest BCUT2D eigenvalue weighted by Gasteiger charge is 2.76. The molecule has 1 aliphatic carbocycles. The molecule has 1 saturated carbocycles. The predicted octanol–water partition coefficient (Wildman–Crippen LogP) is 4.44. The number of carbonyl (C=O) groups is 1. The molecule has 0 aromatic heterocycles. The van der Waals surface area contributed by atoms with Gasteiger partial charge in [0, 0.05) is 29.0 Å². The Hall–Kier alpha value is 0.200. The van der Waals surface area contributed by atoms with Gasteiger partial charge in [-0.3, -0.25) is 4.79 Å². The summed E-state index contributed by atoms with van der Waals surface area (Å²) < 4.78 is 12.3. The van der Waals surface area contributed by atoms with Crippen LogP contribution in [0, 0.1) is 10.8 Å². The van der Waals surface area contributed by atoms with Crippen LogP contribution in [-0.2, 0) is 14.3 Å². The molecule has 0 aromatic carbocycles. The van der Waals surface area contributed by atoms with Crippen molar-refractivity contribution in [1.82, 2.24) is 0 Å². The highest BCUT2D eigenvalue weighted by molar-refractivity contribution is 9.09. The zero-order chi connectivity index (χ0) is 16.6. The minimum Gasteiger partial charge on any atom is -0.462 e. The van der Waals surface area contributed by atoms with Gasteiger partial charge in [0.15, 0.2) is 0 Å². The monoisotopic (exact) mass is 392 g/mol. The zero-order valence-corrected chi connectivity index (χ0v) is 16.4. The normalized spacial score (nSPS) is 53.0. The lowest BCUT2D eigenvalue weighted by molar-refractivity contribution is -0.184. The second kappa shape index (κ2) is 4.86. The third-order valence-corrected chi connectivity index (χ3v) is 8.80. The maximum atomic E-state index is 11.7. The Bertz CT molecular complexity index is 499. The first-order valence-corrected chi connectivity index (χ1v) is 9.44. The summed E-state index contributed by atoms with van der Waals surface area (Å²) in [7, 11) is 0. The van der Waals surface area contributed by atoms with Crippen LogP contribution >= 0.6 is 27.5 Å². The fraction of sp³-hybridized carbons (Fsp3) is 0.941. The lowest BCUT2D eigenvalue weighted by atomic mass is 9.46. The van der Waals surface area contributed by atoms with Crippen LogP contribution in [0.2, 0.25) is 0 Å². The average Bonchev–Trinajstić information content (AvgIpc) is 2.81. The van der Waals surface area contributed by atoms with Gasteiger partial charge >= 0.3 is 5.97 Å². The molecule has 0 aromatic rings. The van der Waals surface area contributed by atoms with E-state index in [2.05, 4.69) is 36.7 Å². The van der Waals surface area contributed by atoms with Crippen LogP contribution in [0.4, 0.5) is 0 Å². The van der Waals surface area contributed by atoms with E-state index in [1.54, 1.807) is 0 Å². The molecule has 2 heterocycles. The van der Waals surface area contributed by atoms with E-state index < -0.39 is 4.87 Å². The molecule has 1 spiro atoms. The Morgan fingerprint density at radius 1 is 1.27 bits per heavy atom. The van der Waals surface area contributed by atoms with E-state index in [4.69, 9.17) is 21.1 Å². The smallest absolute Gasteiger partial charge is 0.302 e. The summed E-state index contributed by atoms with van der Waals surface area (Å²) in [5.41, 5.74) is -0.489. The van der Waals surface area contributed by atoms with E-state index >= 15 is 0 Å². The molecule has 2 saturated heterocycles. The lowest BCUT2D eigenvalue weighted by Crippen LogP contribution is -2.65. The van der Waals surface area contributed by atoms with Gasteiger partial charge in [0.1, 0.15) is 6.10 Å². The SMILES string of the molecule is CC(=O)OC1CC(C)(Cl)C(Br)CC12C1(C)CCC(O1)C2(C)C. The lowest BCUT2D eigenvalue weighted by Gasteiger charge is -2.60. The van der Waals surface area contributed by atoms with Crippen molar-refractivity contribution in [1.29, 1.82) is 0 Å². The van der Waals surface area contributed by atoms with E-state index in [-0.39, 0.29) is 39.4 Å². The molecule has 3 fully saturated rings. The minimum absolute atomic E-state index is 0.0421. The van der Waals surface area contributed by atoms with Crippen molar-refractivity contribution in [3.8, 4) is 0 Å². The molecule has 6 atom stereocenters. The summed E-state index contributed by atoms with van der Waals surface area (Å²) in [6.07, 6.45) is 3.66. The molecule has 3 rings (SSSR count). The highest BCUT2D eigenvalue weighted by atomic mass is 79.9. The van der Waals surface area contributed by atoms with Gasteiger partial charge in [0.05, 0.1) is 16.6 Å².